The predicted octanol–water partition coefficient (Wildman–Crippen LogP) is -1.14. The van der Waals surface area contributed by atoms with Crippen molar-refractivity contribution in [3.63, 3.8) is 0 Å². The van der Waals surface area contributed by atoms with E-state index in [9.17, 15) is 4.79 Å². The second kappa shape index (κ2) is 4.47. The summed E-state index contributed by atoms with van der Waals surface area (Å²) in [6, 6.07) is 0.278. The molecule has 2 unspecified atom stereocenters. The van der Waals surface area contributed by atoms with Crippen molar-refractivity contribution >= 4 is 5.91 Å². The van der Waals surface area contributed by atoms with E-state index >= 15 is 0 Å². The van der Waals surface area contributed by atoms with E-state index in [1.54, 1.807) is 0 Å². The molecule has 1 aliphatic carbocycles. The average molecular weight is 214 g/mol. The molecular weight excluding hydrogens is 196 g/mol. The number of hydrogen-bond acceptors (Lipinski definition) is 4. The molecule has 1 saturated heterocycles. The Balaban J connectivity index is 1.80. The number of carbonyl (C=O) groups excluding carboxylic acids is 1. The van der Waals surface area contributed by atoms with Crippen molar-refractivity contribution in [2.45, 2.75) is 31.0 Å². The second-order valence-electron chi connectivity index (χ2n) is 4.37. The summed E-state index contributed by atoms with van der Waals surface area (Å²) in [6.07, 6.45) is 1.14. The highest BCUT2D eigenvalue weighted by molar-refractivity contribution is 5.80. The number of aliphatic hydroxyl groups excluding tert-OH is 1. The Bertz CT molecular complexity index is 241. The van der Waals surface area contributed by atoms with Crippen molar-refractivity contribution in [3.8, 4) is 0 Å². The summed E-state index contributed by atoms with van der Waals surface area (Å²) in [5.74, 6) is -0.0449. The van der Waals surface area contributed by atoms with Gasteiger partial charge < -0.3 is 20.5 Å². The van der Waals surface area contributed by atoms with Crippen molar-refractivity contribution < 1.29 is 14.6 Å². The summed E-state index contributed by atoms with van der Waals surface area (Å²) in [5.41, 5.74) is 0. The number of rotatable bonds is 3. The molecule has 1 saturated carbocycles. The van der Waals surface area contributed by atoms with Gasteiger partial charge in [0.15, 0.2) is 0 Å². The SMILES string of the molecule is CNC1COCC1C(=O)NC1CC(O)C1. The Hall–Kier alpha value is -0.650. The Morgan fingerprint density at radius 3 is 2.73 bits per heavy atom. The van der Waals surface area contributed by atoms with Gasteiger partial charge in [0, 0.05) is 12.1 Å². The van der Waals surface area contributed by atoms with E-state index in [2.05, 4.69) is 10.6 Å². The summed E-state index contributed by atoms with van der Waals surface area (Å²) in [7, 11) is 1.84. The largest absolute Gasteiger partial charge is 0.393 e. The minimum atomic E-state index is -0.227. The molecule has 2 fully saturated rings. The quantitative estimate of drug-likeness (QED) is 0.555. The number of hydrogen-bond donors (Lipinski definition) is 3. The van der Waals surface area contributed by atoms with Gasteiger partial charge in [-0.15, -0.1) is 0 Å². The van der Waals surface area contributed by atoms with Gasteiger partial charge in [0.25, 0.3) is 0 Å². The van der Waals surface area contributed by atoms with Gasteiger partial charge in [-0.2, -0.15) is 0 Å². The Kier molecular flexibility index (Phi) is 3.23. The zero-order valence-electron chi connectivity index (χ0n) is 8.90. The van der Waals surface area contributed by atoms with Crippen LogP contribution in [0.3, 0.4) is 0 Å². The van der Waals surface area contributed by atoms with Crippen molar-refractivity contribution in [3.05, 3.63) is 0 Å². The molecule has 0 aromatic rings. The van der Waals surface area contributed by atoms with Gasteiger partial charge in [0.1, 0.15) is 0 Å². The molecule has 5 heteroatoms. The van der Waals surface area contributed by atoms with Crippen molar-refractivity contribution in [1.82, 2.24) is 10.6 Å². The van der Waals surface area contributed by atoms with Crippen LogP contribution in [0.2, 0.25) is 0 Å². The molecule has 86 valence electrons. The van der Waals surface area contributed by atoms with Crippen LogP contribution in [0.4, 0.5) is 0 Å². The smallest absolute Gasteiger partial charge is 0.227 e. The molecule has 1 aliphatic heterocycles. The average Bonchev–Trinajstić information content (AvgIpc) is 2.62. The third-order valence-electron chi connectivity index (χ3n) is 3.25. The summed E-state index contributed by atoms with van der Waals surface area (Å²) in [5, 5.41) is 15.1. The van der Waals surface area contributed by atoms with Crippen LogP contribution in [0.15, 0.2) is 0 Å². The summed E-state index contributed by atoms with van der Waals surface area (Å²) in [4.78, 5) is 11.8. The fourth-order valence-electron chi connectivity index (χ4n) is 2.11. The zero-order valence-corrected chi connectivity index (χ0v) is 8.90. The first kappa shape index (κ1) is 10.9. The highest BCUT2D eigenvalue weighted by atomic mass is 16.5. The van der Waals surface area contributed by atoms with E-state index in [1.807, 2.05) is 7.05 Å². The topological polar surface area (TPSA) is 70.6 Å². The standard InChI is InChI=1S/C10H18N2O3/c1-11-9-5-15-4-8(9)10(14)12-6-2-7(13)3-6/h6-9,11,13H,2-5H2,1H3,(H,12,14). The monoisotopic (exact) mass is 214 g/mol. The van der Waals surface area contributed by atoms with E-state index in [0.29, 0.717) is 26.1 Å². The first-order chi connectivity index (χ1) is 7.20. The van der Waals surface area contributed by atoms with Gasteiger partial charge in [0.2, 0.25) is 5.91 Å². The third kappa shape index (κ3) is 2.30. The lowest BCUT2D eigenvalue weighted by molar-refractivity contribution is -0.127. The van der Waals surface area contributed by atoms with Crippen LogP contribution in [0.5, 0.6) is 0 Å². The van der Waals surface area contributed by atoms with Gasteiger partial charge in [0.05, 0.1) is 25.2 Å². The van der Waals surface area contributed by atoms with E-state index in [4.69, 9.17) is 9.84 Å². The molecule has 2 atom stereocenters. The predicted molar refractivity (Wildman–Crippen MR) is 54.3 cm³/mol. The molecule has 0 spiro atoms. The van der Waals surface area contributed by atoms with E-state index in [1.165, 1.54) is 0 Å². The van der Waals surface area contributed by atoms with Crippen LogP contribution < -0.4 is 10.6 Å². The normalized spacial score (nSPS) is 39.9. The summed E-state index contributed by atoms with van der Waals surface area (Å²) in [6.45, 7) is 1.09. The number of amides is 1. The molecule has 1 heterocycles. The molecule has 0 radical (unpaired) electrons. The van der Waals surface area contributed by atoms with Crippen LogP contribution in [-0.4, -0.2) is 49.5 Å². The summed E-state index contributed by atoms with van der Waals surface area (Å²) >= 11 is 0. The van der Waals surface area contributed by atoms with Gasteiger partial charge in [-0.3, -0.25) is 4.79 Å². The van der Waals surface area contributed by atoms with E-state index in [0.717, 1.165) is 0 Å². The van der Waals surface area contributed by atoms with Gasteiger partial charge >= 0.3 is 0 Å². The van der Waals surface area contributed by atoms with Crippen LogP contribution in [0.1, 0.15) is 12.8 Å². The lowest BCUT2D eigenvalue weighted by atomic mass is 9.89. The van der Waals surface area contributed by atoms with E-state index < -0.39 is 0 Å². The molecule has 2 aliphatic rings. The van der Waals surface area contributed by atoms with Crippen LogP contribution in [0.25, 0.3) is 0 Å². The molecular formula is C10H18N2O3. The van der Waals surface area contributed by atoms with Crippen LogP contribution >= 0.6 is 0 Å². The molecule has 2 rings (SSSR count). The lowest BCUT2D eigenvalue weighted by Crippen LogP contribution is -2.51. The number of likely N-dealkylation sites (N-methyl/N-ethyl adjacent to an activating group) is 1. The first-order valence-electron chi connectivity index (χ1n) is 5.44. The van der Waals surface area contributed by atoms with Gasteiger partial charge in [-0.1, -0.05) is 0 Å². The van der Waals surface area contributed by atoms with Crippen LogP contribution in [-0.2, 0) is 9.53 Å². The minimum absolute atomic E-state index is 0.0451. The van der Waals surface area contributed by atoms with Crippen molar-refractivity contribution in [2.24, 2.45) is 5.92 Å². The van der Waals surface area contributed by atoms with Gasteiger partial charge in [-0.25, -0.2) is 0 Å². The van der Waals surface area contributed by atoms with Crippen LogP contribution in [0, 0.1) is 5.92 Å². The number of ether oxygens (including phenoxy) is 1. The second-order valence-corrected chi connectivity index (χ2v) is 4.37. The molecule has 1 amide bonds. The van der Waals surface area contributed by atoms with Crippen molar-refractivity contribution in [2.75, 3.05) is 20.3 Å². The number of nitrogens with one attached hydrogen (secondary N) is 2. The lowest BCUT2D eigenvalue weighted by Gasteiger charge is -2.33. The molecule has 3 N–H and O–H groups in total. The highest BCUT2D eigenvalue weighted by Crippen LogP contribution is 2.21. The Labute approximate surface area is 89.2 Å². The maximum atomic E-state index is 11.8. The zero-order chi connectivity index (χ0) is 10.8. The maximum absolute atomic E-state index is 11.8. The van der Waals surface area contributed by atoms with Crippen molar-refractivity contribution in [1.29, 1.82) is 0 Å². The minimum Gasteiger partial charge on any atom is -0.393 e. The first-order valence-corrected chi connectivity index (χ1v) is 5.44. The molecule has 0 aromatic heterocycles. The molecule has 5 nitrogen and oxygen atoms in total. The van der Waals surface area contributed by atoms with E-state index in [-0.39, 0.29) is 30.0 Å². The highest BCUT2D eigenvalue weighted by Gasteiger charge is 2.36. The molecule has 15 heavy (non-hydrogen) atoms. The Morgan fingerprint density at radius 1 is 1.40 bits per heavy atom. The maximum Gasteiger partial charge on any atom is 0.227 e. The third-order valence-corrected chi connectivity index (χ3v) is 3.25. The number of aliphatic hydroxyl groups is 1. The fourth-order valence-corrected chi connectivity index (χ4v) is 2.11. The molecule has 0 bridgehead atoms. The summed E-state index contributed by atoms with van der Waals surface area (Å²) < 4.78 is 5.26. The van der Waals surface area contributed by atoms with Gasteiger partial charge in [-0.05, 0) is 19.9 Å². The fraction of sp³-hybridized carbons (Fsp3) is 0.900. The number of carbonyl (C=O) groups is 1. The molecule has 0 aromatic carbocycles. The Morgan fingerprint density at radius 2 is 2.13 bits per heavy atom.